The Hall–Kier alpha value is -1.45. The molecule has 0 atom stereocenters. The first kappa shape index (κ1) is 15.9. The van der Waals surface area contributed by atoms with Gasteiger partial charge in [-0.1, -0.05) is 15.9 Å². The van der Waals surface area contributed by atoms with E-state index in [9.17, 15) is 12.8 Å². The number of nitrogens with zero attached hydrogens (tertiary/aromatic N) is 2. The van der Waals surface area contributed by atoms with E-state index >= 15 is 0 Å². The van der Waals surface area contributed by atoms with Crippen molar-refractivity contribution in [1.29, 1.82) is 0 Å². The van der Waals surface area contributed by atoms with Gasteiger partial charge in [0.25, 0.3) is 10.0 Å². The second-order valence-corrected chi connectivity index (χ2v) is 6.84. The number of sulfonamides is 1. The maximum absolute atomic E-state index is 14.2. The first-order chi connectivity index (χ1) is 9.87. The van der Waals surface area contributed by atoms with Crippen molar-refractivity contribution in [2.24, 2.45) is 5.73 Å². The predicted molar refractivity (Wildman–Crippen MR) is 80.7 cm³/mol. The van der Waals surface area contributed by atoms with E-state index in [4.69, 9.17) is 5.73 Å². The van der Waals surface area contributed by atoms with Crippen LogP contribution >= 0.6 is 15.9 Å². The molecule has 0 fully saturated rings. The fourth-order valence-electron chi connectivity index (χ4n) is 1.76. The number of benzene rings is 1. The van der Waals surface area contributed by atoms with E-state index in [-0.39, 0.29) is 17.8 Å². The van der Waals surface area contributed by atoms with Crippen molar-refractivity contribution in [3.8, 4) is 0 Å². The standard InChI is InChI=1S/C12H14BrFN4O2S/c1-2-18-7-10(6-16-18)17-21(19,20)11-4-9(13)3-8(5-15)12(11)14/h3-4,6-7,17H,2,5,15H2,1H3. The zero-order valence-corrected chi connectivity index (χ0v) is 13.6. The summed E-state index contributed by atoms with van der Waals surface area (Å²) in [6, 6.07) is 2.64. The minimum Gasteiger partial charge on any atom is -0.326 e. The van der Waals surface area contributed by atoms with E-state index in [2.05, 4.69) is 25.8 Å². The molecule has 0 aliphatic rings. The van der Waals surface area contributed by atoms with Crippen molar-refractivity contribution in [2.75, 3.05) is 4.72 Å². The zero-order chi connectivity index (χ0) is 15.6. The molecule has 0 spiro atoms. The topological polar surface area (TPSA) is 90.0 Å². The summed E-state index contributed by atoms with van der Waals surface area (Å²) in [6.07, 6.45) is 2.89. The van der Waals surface area contributed by atoms with Gasteiger partial charge in [0.15, 0.2) is 0 Å². The number of anilines is 1. The van der Waals surface area contributed by atoms with Crippen LogP contribution in [0.5, 0.6) is 0 Å². The average Bonchev–Trinajstić information content (AvgIpc) is 2.87. The number of nitrogens with two attached hydrogens (primary N) is 1. The molecular formula is C12H14BrFN4O2S. The van der Waals surface area contributed by atoms with Crippen LogP contribution in [0.3, 0.4) is 0 Å². The van der Waals surface area contributed by atoms with Crippen LogP contribution in [0.4, 0.5) is 10.1 Å². The van der Waals surface area contributed by atoms with Gasteiger partial charge in [0.2, 0.25) is 0 Å². The number of rotatable bonds is 5. The van der Waals surface area contributed by atoms with Crippen LogP contribution in [0.15, 0.2) is 33.9 Å². The largest absolute Gasteiger partial charge is 0.326 e. The molecule has 9 heteroatoms. The number of aromatic nitrogens is 2. The molecule has 2 aromatic rings. The van der Waals surface area contributed by atoms with Crippen molar-refractivity contribution in [2.45, 2.75) is 24.9 Å². The Bertz CT molecular complexity index is 761. The molecule has 1 aromatic carbocycles. The van der Waals surface area contributed by atoms with Crippen LogP contribution in [0.2, 0.25) is 0 Å². The van der Waals surface area contributed by atoms with Crippen molar-refractivity contribution in [3.63, 3.8) is 0 Å². The lowest BCUT2D eigenvalue weighted by Crippen LogP contribution is -2.16. The molecule has 21 heavy (non-hydrogen) atoms. The van der Waals surface area contributed by atoms with Gasteiger partial charge >= 0.3 is 0 Å². The lowest BCUT2D eigenvalue weighted by molar-refractivity contribution is 0.560. The van der Waals surface area contributed by atoms with E-state index in [1.54, 1.807) is 4.68 Å². The summed E-state index contributed by atoms with van der Waals surface area (Å²) in [7, 11) is -4.06. The molecule has 0 radical (unpaired) electrons. The van der Waals surface area contributed by atoms with Gasteiger partial charge in [0.1, 0.15) is 10.7 Å². The molecule has 0 unspecified atom stereocenters. The van der Waals surface area contributed by atoms with Gasteiger partial charge in [-0.15, -0.1) is 0 Å². The molecule has 0 aliphatic carbocycles. The first-order valence-electron chi connectivity index (χ1n) is 6.10. The molecule has 1 heterocycles. The molecule has 3 N–H and O–H groups in total. The zero-order valence-electron chi connectivity index (χ0n) is 11.2. The maximum Gasteiger partial charge on any atom is 0.264 e. The Balaban J connectivity index is 2.42. The number of nitrogens with one attached hydrogen (secondary N) is 1. The van der Waals surface area contributed by atoms with Gasteiger partial charge in [-0.05, 0) is 19.1 Å². The monoisotopic (exact) mass is 376 g/mol. The Morgan fingerprint density at radius 3 is 2.76 bits per heavy atom. The molecule has 114 valence electrons. The lowest BCUT2D eigenvalue weighted by Gasteiger charge is -2.10. The molecule has 6 nitrogen and oxygen atoms in total. The third kappa shape index (κ3) is 3.42. The summed E-state index contributed by atoms with van der Waals surface area (Å²) in [5.74, 6) is -0.851. The smallest absolute Gasteiger partial charge is 0.264 e. The Labute approximate surface area is 130 Å². The molecule has 1 aromatic heterocycles. The summed E-state index contributed by atoms with van der Waals surface area (Å²) < 4.78 is 43.1. The number of aryl methyl sites for hydroxylation is 1. The highest BCUT2D eigenvalue weighted by atomic mass is 79.9. The normalized spacial score (nSPS) is 11.6. The minimum absolute atomic E-state index is 0.0957. The fourth-order valence-corrected chi connectivity index (χ4v) is 3.59. The molecule has 0 aliphatic heterocycles. The van der Waals surface area contributed by atoms with Crippen LogP contribution in [0, 0.1) is 5.82 Å². The van der Waals surface area contributed by atoms with Crippen LogP contribution in [0.1, 0.15) is 12.5 Å². The Morgan fingerprint density at radius 2 is 2.19 bits per heavy atom. The number of halogens is 2. The quantitative estimate of drug-likeness (QED) is 0.835. The molecule has 0 bridgehead atoms. The Morgan fingerprint density at radius 1 is 1.48 bits per heavy atom. The van der Waals surface area contributed by atoms with E-state index in [0.717, 1.165) is 0 Å². The van der Waals surface area contributed by atoms with Gasteiger partial charge in [0, 0.05) is 29.3 Å². The fraction of sp³-hybridized carbons (Fsp3) is 0.250. The molecule has 0 saturated carbocycles. The van der Waals surface area contributed by atoms with Crippen LogP contribution in [0.25, 0.3) is 0 Å². The van der Waals surface area contributed by atoms with E-state index in [1.165, 1.54) is 24.5 Å². The van der Waals surface area contributed by atoms with Crippen molar-refractivity contribution in [3.05, 3.63) is 40.4 Å². The second-order valence-electron chi connectivity index (χ2n) is 4.27. The van der Waals surface area contributed by atoms with Gasteiger partial charge in [-0.2, -0.15) is 5.10 Å². The minimum atomic E-state index is -4.06. The van der Waals surface area contributed by atoms with E-state index in [1.807, 2.05) is 6.92 Å². The highest BCUT2D eigenvalue weighted by Crippen LogP contribution is 2.25. The van der Waals surface area contributed by atoms with Crippen LogP contribution < -0.4 is 10.5 Å². The average molecular weight is 377 g/mol. The number of hydrogen-bond acceptors (Lipinski definition) is 4. The lowest BCUT2D eigenvalue weighted by atomic mass is 10.2. The summed E-state index contributed by atoms with van der Waals surface area (Å²) in [4.78, 5) is -0.457. The SMILES string of the molecule is CCn1cc(NS(=O)(=O)c2cc(Br)cc(CN)c2F)cn1. The Kier molecular flexibility index (Phi) is 4.64. The summed E-state index contributed by atoms with van der Waals surface area (Å²) in [5, 5.41) is 3.95. The van der Waals surface area contributed by atoms with Crippen molar-refractivity contribution >= 4 is 31.6 Å². The molecule has 0 amide bonds. The summed E-state index contributed by atoms with van der Waals surface area (Å²) >= 11 is 3.15. The number of hydrogen-bond donors (Lipinski definition) is 2. The van der Waals surface area contributed by atoms with Gasteiger partial charge in [-0.25, -0.2) is 12.8 Å². The summed E-state index contributed by atoms with van der Waals surface area (Å²) in [6.45, 7) is 2.37. The highest BCUT2D eigenvalue weighted by molar-refractivity contribution is 9.10. The van der Waals surface area contributed by atoms with E-state index < -0.39 is 20.7 Å². The summed E-state index contributed by atoms with van der Waals surface area (Å²) in [5.41, 5.74) is 5.80. The molecule has 2 rings (SSSR count). The van der Waals surface area contributed by atoms with Crippen molar-refractivity contribution < 1.29 is 12.8 Å². The highest BCUT2D eigenvalue weighted by Gasteiger charge is 2.22. The molecular weight excluding hydrogens is 363 g/mol. The van der Waals surface area contributed by atoms with Gasteiger partial charge < -0.3 is 5.73 Å². The third-order valence-corrected chi connectivity index (χ3v) is 4.64. The predicted octanol–water partition coefficient (Wildman–Crippen LogP) is 2.06. The van der Waals surface area contributed by atoms with Gasteiger partial charge in [-0.3, -0.25) is 9.40 Å². The first-order valence-corrected chi connectivity index (χ1v) is 8.38. The van der Waals surface area contributed by atoms with Gasteiger partial charge in [0.05, 0.1) is 11.9 Å². The second kappa shape index (κ2) is 6.12. The maximum atomic E-state index is 14.2. The third-order valence-electron chi connectivity index (χ3n) is 2.80. The van der Waals surface area contributed by atoms with Crippen LogP contribution in [-0.2, 0) is 23.1 Å². The molecule has 0 saturated heterocycles. The van der Waals surface area contributed by atoms with Crippen molar-refractivity contribution in [1.82, 2.24) is 9.78 Å². The van der Waals surface area contributed by atoms with Crippen LogP contribution in [-0.4, -0.2) is 18.2 Å². The van der Waals surface area contributed by atoms with E-state index in [0.29, 0.717) is 11.0 Å².